The van der Waals surface area contributed by atoms with Gasteiger partial charge in [0.15, 0.2) is 0 Å². The summed E-state index contributed by atoms with van der Waals surface area (Å²) in [6, 6.07) is 0.805. The van der Waals surface area contributed by atoms with E-state index >= 15 is 0 Å². The molecule has 2 aliphatic rings. The molecule has 0 unspecified atom stereocenters. The fourth-order valence-electron chi connectivity index (χ4n) is 3.29. The van der Waals surface area contributed by atoms with Gasteiger partial charge in [0.25, 0.3) is 0 Å². The number of hydrogen-bond acceptors (Lipinski definition) is 4. The highest BCUT2D eigenvalue weighted by Crippen LogP contribution is 2.19. The van der Waals surface area contributed by atoms with Crippen molar-refractivity contribution in [1.29, 1.82) is 0 Å². The van der Waals surface area contributed by atoms with Crippen LogP contribution in [0.5, 0.6) is 0 Å². The molecule has 2 aliphatic heterocycles. The monoisotopic (exact) mass is 255 g/mol. The Morgan fingerprint density at radius 1 is 1.28 bits per heavy atom. The second-order valence-corrected chi connectivity index (χ2v) is 5.87. The first-order chi connectivity index (χ1) is 8.79. The van der Waals surface area contributed by atoms with Gasteiger partial charge in [-0.3, -0.25) is 0 Å². The maximum Gasteiger partial charge on any atom is 0.0589 e. The van der Waals surface area contributed by atoms with Crippen molar-refractivity contribution in [2.45, 2.75) is 25.3 Å². The van der Waals surface area contributed by atoms with E-state index in [1.165, 1.54) is 52.0 Å². The molecule has 0 aromatic carbocycles. The third kappa shape index (κ3) is 4.19. The normalized spacial score (nSPS) is 27.2. The van der Waals surface area contributed by atoms with E-state index in [9.17, 15) is 0 Å². The molecule has 2 fully saturated rings. The van der Waals surface area contributed by atoms with Gasteiger partial charge >= 0.3 is 0 Å². The fraction of sp³-hybridized carbons (Fsp3) is 1.00. The molecule has 4 nitrogen and oxygen atoms in total. The third-order valence-corrected chi connectivity index (χ3v) is 4.46. The molecule has 0 bridgehead atoms. The van der Waals surface area contributed by atoms with Crippen molar-refractivity contribution < 1.29 is 4.74 Å². The average Bonchev–Trinajstić information content (AvgIpc) is 2.85. The van der Waals surface area contributed by atoms with Crippen LogP contribution in [0.15, 0.2) is 0 Å². The summed E-state index contributed by atoms with van der Waals surface area (Å²) in [5.74, 6) is 0.863. The number of ether oxygens (including phenoxy) is 1. The highest BCUT2D eigenvalue weighted by atomic mass is 16.5. The van der Waals surface area contributed by atoms with Crippen LogP contribution in [-0.4, -0.2) is 75.9 Å². The second kappa shape index (κ2) is 7.43. The van der Waals surface area contributed by atoms with Crippen molar-refractivity contribution in [1.82, 2.24) is 15.1 Å². The van der Waals surface area contributed by atoms with E-state index in [1.54, 1.807) is 7.11 Å². The number of nitrogens with one attached hydrogen (secondary N) is 1. The van der Waals surface area contributed by atoms with E-state index in [0.717, 1.165) is 25.1 Å². The predicted molar refractivity (Wildman–Crippen MR) is 74.9 cm³/mol. The first-order valence-corrected chi connectivity index (χ1v) is 7.42. The van der Waals surface area contributed by atoms with Gasteiger partial charge in [-0.25, -0.2) is 0 Å². The van der Waals surface area contributed by atoms with E-state index in [-0.39, 0.29) is 0 Å². The Labute approximate surface area is 112 Å². The van der Waals surface area contributed by atoms with E-state index < -0.39 is 0 Å². The van der Waals surface area contributed by atoms with Crippen LogP contribution in [-0.2, 0) is 4.74 Å². The number of methoxy groups -OCH3 is 1. The molecular formula is C14H29N3O. The van der Waals surface area contributed by atoms with E-state index in [2.05, 4.69) is 22.2 Å². The van der Waals surface area contributed by atoms with Gasteiger partial charge in [-0.05, 0) is 51.9 Å². The molecule has 106 valence electrons. The number of piperidine rings is 1. The summed E-state index contributed by atoms with van der Waals surface area (Å²) >= 11 is 0. The Morgan fingerprint density at radius 3 is 2.78 bits per heavy atom. The van der Waals surface area contributed by atoms with Crippen molar-refractivity contribution in [2.24, 2.45) is 5.92 Å². The van der Waals surface area contributed by atoms with Crippen LogP contribution in [0.4, 0.5) is 0 Å². The SMILES string of the molecule is COCCN1CC[C@H](CN(C)C2CCNCC2)C1. The fourth-order valence-corrected chi connectivity index (χ4v) is 3.29. The van der Waals surface area contributed by atoms with Crippen molar-refractivity contribution in [3.63, 3.8) is 0 Å². The zero-order chi connectivity index (χ0) is 12.8. The molecule has 0 spiro atoms. The van der Waals surface area contributed by atoms with Crippen LogP contribution in [0.25, 0.3) is 0 Å². The number of rotatable bonds is 6. The highest BCUT2D eigenvalue weighted by Gasteiger charge is 2.26. The lowest BCUT2D eigenvalue weighted by Crippen LogP contribution is -2.43. The molecular weight excluding hydrogens is 226 g/mol. The van der Waals surface area contributed by atoms with Crippen LogP contribution >= 0.6 is 0 Å². The van der Waals surface area contributed by atoms with Crippen LogP contribution in [0.1, 0.15) is 19.3 Å². The molecule has 0 aliphatic carbocycles. The second-order valence-electron chi connectivity index (χ2n) is 5.87. The van der Waals surface area contributed by atoms with Crippen LogP contribution in [0.2, 0.25) is 0 Å². The van der Waals surface area contributed by atoms with Gasteiger partial charge in [-0.1, -0.05) is 0 Å². The van der Waals surface area contributed by atoms with Crippen molar-refractivity contribution >= 4 is 0 Å². The average molecular weight is 255 g/mol. The van der Waals surface area contributed by atoms with E-state index in [1.807, 2.05) is 0 Å². The van der Waals surface area contributed by atoms with E-state index in [0.29, 0.717) is 0 Å². The molecule has 1 atom stereocenters. The number of nitrogens with zero attached hydrogens (tertiary/aromatic N) is 2. The maximum absolute atomic E-state index is 5.16. The Balaban J connectivity index is 1.66. The lowest BCUT2D eigenvalue weighted by Gasteiger charge is -2.33. The lowest BCUT2D eigenvalue weighted by molar-refractivity contribution is 0.150. The topological polar surface area (TPSA) is 27.7 Å². The molecule has 0 aromatic heterocycles. The molecule has 18 heavy (non-hydrogen) atoms. The van der Waals surface area contributed by atoms with Crippen molar-refractivity contribution in [3.8, 4) is 0 Å². The van der Waals surface area contributed by atoms with Gasteiger partial charge in [0, 0.05) is 32.8 Å². The van der Waals surface area contributed by atoms with Crippen LogP contribution < -0.4 is 5.32 Å². The molecule has 0 aromatic rings. The molecule has 0 radical (unpaired) electrons. The molecule has 2 rings (SSSR count). The van der Waals surface area contributed by atoms with Crippen molar-refractivity contribution in [3.05, 3.63) is 0 Å². The summed E-state index contributed by atoms with van der Waals surface area (Å²) in [6.07, 6.45) is 3.99. The Morgan fingerprint density at radius 2 is 2.06 bits per heavy atom. The van der Waals surface area contributed by atoms with Crippen LogP contribution in [0.3, 0.4) is 0 Å². The molecule has 0 amide bonds. The Kier molecular flexibility index (Phi) is 5.89. The Hall–Kier alpha value is -0.160. The minimum absolute atomic E-state index is 0.805. The quantitative estimate of drug-likeness (QED) is 0.754. The van der Waals surface area contributed by atoms with Gasteiger partial charge < -0.3 is 19.9 Å². The summed E-state index contributed by atoms with van der Waals surface area (Å²) < 4.78 is 5.16. The summed E-state index contributed by atoms with van der Waals surface area (Å²) in [6.45, 7) is 8.15. The lowest BCUT2D eigenvalue weighted by atomic mass is 10.0. The molecule has 0 saturated carbocycles. The molecule has 4 heteroatoms. The molecule has 1 N–H and O–H groups in total. The summed E-state index contributed by atoms with van der Waals surface area (Å²) in [5.41, 5.74) is 0. The summed E-state index contributed by atoms with van der Waals surface area (Å²) in [5, 5.41) is 3.44. The van der Waals surface area contributed by atoms with E-state index in [4.69, 9.17) is 4.74 Å². The van der Waals surface area contributed by atoms with Gasteiger partial charge in [0.1, 0.15) is 0 Å². The zero-order valence-corrected chi connectivity index (χ0v) is 12.0. The van der Waals surface area contributed by atoms with Gasteiger partial charge in [0.05, 0.1) is 6.61 Å². The first-order valence-electron chi connectivity index (χ1n) is 7.42. The third-order valence-electron chi connectivity index (χ3n) is 4.46. The maximum atomic E-state index is 5.16. The predicted octanol–water partition coefficient (Wildman–Crippen LogP) is 0.639. The van der Waals surface area contributed by atoms with Crippen molar-refractivity contribution in [2.75, 3.05) is 60.0 Å². The molecule has 2 saturated heterocycles. The number of likely N-dealkylation sites (tertiary alicyclic amines) is 1. The summed E-state index contributed by atoms with van der Waals surface area (Å²) in [4.78, 5) is 5.15. The number of hydrogen-bond donors (Lipinski definition) is 1. The van der Waals surface area contributed by atoms with Gasteiger partial charge in [-0.2, -0.15) is 0 Å². The Bertz CT molecular complexity index is 231. The van der Waals surface area contributed by atoms with Gasteiger partial charge in [-0.15, -0.1) is 0 Å². The minimum atomic E-state index is 0.805. The molecule has 2 heterocycles. The zero-order valence-electron chi connectivity index (χ0n) is 12.0. The first kappa shape index (κ1) is 14.3. The summed E-state index contributed by atoms with van der Waals surface area (Å²) in [7, 11) is 4.10. The standard InChI is InChI=1S/C14H29N3O/c1-16(14-3-6-15-7-4-14)11-13-5-8-17(12-13)9-10-18-2/h13-15H,3-12H2,1-2H3/t13-/m1/s1. The van der Waals surface area contributed by atoms with Gasteiger partial charge in [0.2, 0.25) is 0 Å². The largest absolute Gasteiger partial charge is 0.383 e. The smallest absolute Gasteiger partial charge is 0.0589 e. The minimum Gasteiger partial charge on any atom is -0.383 e. The van der Waals surface area contributed by atoms with Crippen LogP contribution in [0, 0.1) is 5.92 Å². The highest BCUT2D eigenvalue weighted by molar-refractivity contribution is 4.81.